The Bertz CT molecular complexity index is 769. The van der Waals surface area contributed by atoms with Crippen LogP contribution in [0.4, 0.5) is 0 Å². The first-order chi connectivity index (χ1) is 11.9. The summed E-state index contributed by atoms with van der Waals surface area (Å²) in [5.41, 5.74) is 3.21. The number of nitrogens with one attached hydrogen (secondary N) is 1. The molecule has 25 heavy (non-hydrogen) atoms. The molecule has 0 heterocycles. The summed E-state index contributed by atoms with van der Waals surface area (Å²) in [6.45, 7) is 2.43. The minimum atomic E-state index is -0.140. The van der Waals surface area contributed by atoms with E-state index in [1.165, 1.54) is 0 Å². The van der Waals surface area contributed by atoms with Gasteiger partial charge in [0.25, 0.3) is 11.8 Å². The Kier molecular flexibility index (Phi) is 6.17. The van der Waals surface area contributed by atoms with Gasteiger partial charge < -0.3 is 15.0 Å². The fraction of sp³-hybridized carbons (Fsp3) is 0.300. The van der Waals surface area contributed by atoms with Crippen molar-refractivity contribution in [1.82, 2.24) is 10.2 Å². The minimum absolute atomic E-state index is 0.0300. The van der Waals surface area contributed by atoms with E-state index in [4.69, 9.17) is 4.74 Å². The third-order valence-electron chi connectivity index (χ3n) is 3.95. The third-order valence-corrected chi connectivity index (χ3v) is 3.95. The van der Waals surface area contributed by atoms with Crippen LogP contribution in [0.25, 0.3) is 0 Å². The molecule has 1 N–H and O–H groups in total. The maximum Gasteiger partial charge on any atom is 0.253 e. The molecule has 0 bridgehead atoms. The van der Waals surface area contributed by atoms with Crippen LogP contribution in [0.1, 0.15) is 31.8 Å². The third kappa shape index (κ3) is 4.83. The molecule has 0 fully saturated rings. The lowest BCUT2D eigenvalue weighted by atomic mass is 10.1. The largest absolute Gasteiger partial charge is 0.496 e. The summed E-state index contributed by atoms with van der Waals surface area (Å²) in [5.74, 6) is 0.527. The lowest BCUT2D eigenvalue weighted by Crippen LogP contribution is -2.26. The van der Waals surface area contributed by atoms with Crippen LogP contribution in [0.3, 0.4) is 0 Å². The fourth-order valence-corrected chi connectivity index (χ4v) is 2.50. The average Bonchev–Trinajstić information content (AvgIpc) is 2.61. The van der Waals surface area contributed by atoms with Crippen LogP contribution in [0, 0.1) is 6.92 Å². The molecule has 132 valence electrons. The number of hydrogen-bond donors (Lipinski definition) is 1. The zero-order chi connectivity index (χ0) is 18.4. The van der Waals surface area contributed by atoms with E-state index in [0.717, 1.165) is 11.1 Å². The van der Waals surface area contributed by atoms with Gasteiger partial charge in [0.1, 0.15) is 5.75 Å². The molecular weight excluding hydrogens is 316 g/mol. The highest BCUT2D eigenvalue weighted by molar-refractivity contribution is 5.95. The summed E-state index contributed by atoms with van der Waals surface area (Å²) in [4.78, 5) is 25.8. The maximum absolute atomic E-state index is 12.3. The van der Waals surface area contributed by atoms with Crippen LogP contribution in [0.15, 0.2) is 42.5 Å². The van der Waals surface area contributed by atoms with E-state index in [1.54, 1.807) is 44.3 Å². The Morgan fingerprint density at radius 2 is 1.84 bits per heavy atom. The van der Waals surface area contributed by atoms with Gasteiger partial charge in [-0.05, 0) is 48.7 Å². The number of benzene rings is 2. The van der Waals surface area contributed by atoms with Gasteiger partial charge in [-0.3, -0.25) is 9.59 Å². The monoisotopic (exact) mass is 340 g/mol. The van der Waals surface area contributed by atoms with Crippen molar-refractivity contribution in [2.24, 2.45) is 0 Å². The number of hydrogen-bond acceptors (Lipinski definition) is 3. The molecular formula is C20H24N2O3. The second-order valence-corrected chi connectivity index (χ2v) is 6.09. The predicted octanol–water partition coefficient (Wildman–Crippen LogP) is 2.68. The van der Waals surface area contributed by atoms with E-state index < -0.39 is 0 Å². The smallest absolute Gasteiger partial charge is 0.253 e. The summed E-state index contributed by atoms with van der Waals surface area (Å²) in [7, 11) is 5.04. The van der Waals surface area contributed by atoms with E-state index in [1.807, 2.05) is 31.2 Å². The van der Waals surface area contributed by atoms with Crippen LogP contribution in [0.5, 0.6) is 5.75 Å². The number of aryl methyl sites for hydroxylation is 1. The van der Waals surface area contributed by atoms with Crippen molar-refractivity contribution in [2.45, 2.75) is 13.3 Å². The summed E-state index contributed by atoms with van der Waals surface area (Å²) in [6.07, 6.45) is 0.656. The van der Waals surface area contributed by atoms with E-state index in [-0.39, 0.29) is 11.8 Å². The molecule has 0 atom stereocenters. The Morgan fingerprint density at radius 1 is 1.08 bits per heavy atom. The molecule has 0 saturated carbocycles. The molecule has 5 nitrogen and oxygen atoms in total. The second kappa shape index (κ2) is 8.33. The number of carbonyl (C=O) groups is 2. The number of methoxy groups -OCH3 is 1. The van der Waals surface area contributed by atoms with Crippen molar-refractivity contribution in [1.29, 1.82) is 0 Å². The first-order valence-corrected chi connectivity index (χ1v) is 8.16. The van der Waals surface area contributed by atoms with Gasteiger partial charge in [-0.1, -0.05) is 18.2 Å². The van der Waals surface area contributed by atoms with Crippen LogP contribution in [-0.2, 0) is 6.42 Å². The predicted molar refractivity (Wildman–Crippen MR) is 98.2 cm³/mol. The number of ether oxygens (including phenoxy) is 1. The lowest BCUT2D eigenvalue weighted by molar-refractivity contribution is 0.0827. The quantitative estimate of drug-likeness (QED) is 0.879. The Hall–Kier alpha value is -2.82. The highest BCUT2D eigenvalue weighted by Crippen LogP contribution is 2.18. The first-order valence-electron chi connectivity index (χ1n) is 8.16. The summed E-state index contributed by atoms with van der Waals surface area (Å²) in [5, 5.41) is 2.90. The normalized spacial score (nSPS) is 10.2. The van der Waals surface area contributed by atoms with Crippen molar-refractivity contribution in [3.05, 3.63) is 64.7 Å². The van der Waals surface area contributed by atoms with Crippen molar-refractivity contribution >= 4 is 11.8 Å². The highest BCUT2D eigenvalue weighted by Gasteiger charge is 2.10. The molecule has 0 spiro atoms. The van der Waals surface area contributed by atoms with E-state index in [2.05, 4.69) is 5.32 Å². The van der Waals surface area contributed by atoms with E-state index in [0.29, 0.717) is 29.8 Å². The van der Waals surface area contributed by atoms with Gasteiger partial charge in [-0.15, -0.1) is 0 Å². The minimum Gasteiger partial charge on any atom is -0.496 e. The SMILES string of the molecule is COc1cc(C(=O)NCCc2cccc(C(=O)N(C)C)c2)ccc1C. The standard InChI is InChI=1S/C20H24N2O3/c1-14-8-9-16(13-18(14)25-4)19(23)21-11-10-15-6-5-7-17(12-15)20(24)22(2)3/h5-9,12-13H,10-11H2,1-4H3,(H,21,23). The maximum atomic E-state index is 12.3. The van der Waals surface area contributed by atoms with E-state index >= 15 is 0 Å². The van der Waals surface area contributed by atoms with Crippen molar-refractivity contribution in [2.75, 3.05) is 27.7 Å². The molecule has 5 heteroatoms. The Balaban J connectivity index is 1.95. The van der Waals surface area contributed by atoms with Crippen molar-refractivity contribution in [3.63, 3.8) is 0 Å². The Labute approximate surface area is 148 Å². The van der Waals surface area contributed by atoms with Gasteiger partial charge in [0.05, 0.1) is 7.11 Å². The first kappa shape index (κ1) is 18.5. The van der Waals surface area contributed by atoms with Crippen LogP contribution in [0.2, 0.25) is 0 Å². The molecule has 0 unspecified atom stereocenters. The van der Waals surface area contributed by atoms with Crippen molar-refractivity contribution < 1.29 is 14.3 Å². The highest BCUT2D eigenvalue weighted by atomic mass is 16.5. The zero-order valence-corrected chi connectivity index (χ0v) is 15.1. The van der Waals surface area contributed by atoms with Gasteiger partial charge in [0, 0.05) is 31.8 Å². The lowest BCUT2D eigenvalue weighted by Gasteiger charge is -2.11. The van der Waals surface area contributed by atoms with E-state index in [9.17, 15) is 9.59 Å². The van der Waals surface area contributed by atoms with Crippen LogP contribution in [-0.4, -0.2) is 44.5 Å². The van der Waals surface area contributed by atoms with Gasteiger partial charge in [0.2, 0.25) is 0 Å². The molecule has 0 aliphatic carbocycles. The summed E-state index contributed by atoms with van der Waals surface area (Å²) < 4.78 is 5.25. The van der Waals surface area contributed by atoms with Crippen molar-refractivity contribution in [3.8, 4) is 5.75 Å². The number of carbonyl (C=O) groups excluding carboxylic acids is 2. The molecule has 0 saturated heterocycles. The molecule has 2 aromatic carbocycles. The summed E-state index contributed by atoms with van der Waals surface area (Å²) >= 11 is 0. The molecule has 0 aliphatic heterocycles. The van der Waals surface area contributed by atoms with Crippen LogP contribution < -0.4 is 10.1 Å². The molecule has 0 radical (unpaired) electrons. The topological polar surface area (TPSA) is 58.6 Å². The molecule has 0 aliphatic rings. The van der Waals surface area contributed by atoms with Gasteiger partial charge in [-0.25, -0.2) is 0 Å². The van der Waals surface area contributed by atoms with Gasteiger partial charge in [0.15, 0.2) is 0 Å². The second-order valence-electron chi connectivity index (χ2n) is 6.09. The number of nitrogens with zero attached hydrogens (tertiary/aromatic N) is 1. The Morgan fingerprint density at radius 3 is 2.52 bits per heavy atom. The summed E-state index contributed by atoms with van der Waals surface area (Å²) in [6, 6.07) is 12.9. The number of amides is 2. The zero-order valence-electron chi connectivity index (χ0n) is 15.1. The fourth-order valence-electron chi connectivity index (χ4n) is 2.50. The average molecular weight is 340 g/mol. The molecule has 2 rings (SSSR count). The molecule has 2 aromatic rings. The molecule has 2 amide bonds. The van der Waals surface area contributed by atoms with Gasteiger partial charge >= 0.3 is 0 Å². The van der Waals surface area contributed by atoms with Crippen LogP contribution >= 0.6 is 0 Å². The molecule has 0 aromatic heterocycles. The van der Waals surface area contributed by atoms with Gasteiger partial charge in [-0.2, -0.15) is 0 Å². The number of rotatable bonds is 6.